The first-order valence-corrected chi connectivity index (χ1v) is 17.0. The van der Waals surface area contributed by atoms with Crippen molar-refractivity contribution in [2.45, 2.75) is 76.9 Å². The molecule has 2 N–H and O–H groups in total. The highest BCUT2D eigenvalue weighted by Crippen LogP contribution is 2.66. The summed E-state index contributed by atoms with van der Waals surface area (Å²) >= 11 is 11.8. The van der Waals surface area contributed by atoms with Gasteiger partial charge in [0, 0.05) is 60.1 Å². The zero-order valence-corrected chi connectivity index (χ0v) is 27.3. The third-order valence-corrected chi connectivity index (χ3v) is 11.6. The highest BCUT2D eigenvalue weighted by Gasteiger charge is 2.68. The highest BCUT2D eigenvalue weighted by atomic mass is 35.5. The van der Waals surface area contributed by atoms with E-state index in [1.54, 1.807) is 6.08 Å². The summed E-state index contributed by atoms with van der Waals surface area (Å²) in [4.78, 5) is 40.3. The molecule has 9 heteroatoms. The largest absolute Gasteiger partial charge is 0.458 e. The molecular formula is C35H45Cl2NO6. The second-order valence-electron chi connectivity index (χ2n) is 13.6. The third kappa shape index (κ3) is 6.02. The molecule has 5 rings (SSSR count). The molecule has 0 bridgehead atoms. The number of alkyl halides is 2. The summed E-state index contributed by atoms with van der Waals surface area (Å²) in [6.07, 6.45) is 8.78. The Labute approximate surface area is 270 Å². The molecule has 0 saturated heterocycles. The highest BCUT2D eigenvalue weighted by molar-refractivity contribution is 6.18. The van der Waals surface area contributed by atoms with Gasteiger partial charge in [-0.3, -0.25) is 14.4 Å². The third-order valence-electron chi connectivity index (χ3n) is 11.3. The molecule has 2 saturated carbocycles. The molecule has 44 heavy (non-hydrogen) atoms. The van der Waals surface area contributed by atoms with Gasteiger partial charge in [-0.15, -0.1) is 23.2 Å². The fourth-order valence-corrected chi connectivity index (χ4v) is 9.33. The van der Waals surface area contributed by atoms with E-state index in [0.29, 0.717) is 50.5 Å². The standard InChI is InChI=1S/C35H45Cl2NO6/c1-33-14-12-26(39)20-24(33)8-11-27-28-13-15-35(43,34(28,2)21-29(40)32(27)33)30(41)22-44-31(42)5-3-4-23-6-9-25(10-7-23)38(18-16-36)19-17-37/h6-10,12,14,27-29,32,40,43H,3-5,11,13,15-22H2,1-2H3/t27-,28?,29-,32?,33-,34-,35-/m1/s1. The molecule has 240 valence electrons. The molecule has 7 nitrogen and oxygen atoms in total. The molecule has 7 atom stereocenters. The molecule has 0 aliphatic heterocycles. The van der Waals surface area contributed by atoms with Gasteiger partial charge >= 0.3 is 5.97 Å². The van der Waals surface area contributed by atoms with Gasteiger partial charge in [0.05, 0.1) is 6.10 Å². The summed E-state index contributed by atoms with van der Waals surface area (Å²) in [6, 6.07) is 8.12. The first kappa shape index (κ1) is 33.2. The zero-order chi connectivity index (χ0) is 31.7. The number of ether oxygens (including phenoxy) is 1. The summed E-state index contributed by atoms with van der Waals surface area (Å²) in [5.41, 5.74) is 0.304. The number of allylic oxidation sites excluding steroid dienone is 4. The van der Waals surface area contributed by atoms with Crippen LogP contribution in [0.2, 0.25) is 0 Å². The van der Waals surface area contributed by atoms with E-state index in [1.807, 2.05) is 37.3 Å². The Kier molecular flexibility index (Phi) is 10.0. The number of benzene rings is 1. The summed E-state index contributed by atoms with van der Waals surface area (Å²) in [6.45, 7) is 4.98. The zero-order valence-electron chi connectivity index (χ0n) is 25.8. The molecule has 2 unspecified atom stereocenters. The van der Waals surface area contributed by atoms with E-state index in [1.165, 1.54) is 0 Å². The maximum absolute atomic E-state index is 13.5. The maximum atomic E-state index is 13.5. The predicted octanol–water partition coefficient (Wildman–Crippen LogP) is 5.42. The van der Waals surface area contributed by atoms with Crippen LogP contribution in [0.1, 0.15) is 64.4 Å². The van der Waals surface area contributed by atoms with Crippen molar-refractivity contribution in [3.05, 3.63) is 53.6 Å². The minimum absolute atomic E-state index is 0.0320. The molecule has 4 aliphatic rings. The van der Waals surface area contributed by atoms with E-state index in [0.717, 1.165) is 23.2 Å². The van der Waals surface area contributed by atoms with Gasteiger partial charge in [0.15, 0.2) is 12.4 Å². The first-order chi connectivity index (χ1) is 21.0. The number of carbonyl (C=O) groups excluding carboxylic acids is 3. The van der Waals surface area contributed by atoms with E-state index < -0.39 is 40.9 Å². The van der Waals surface area contributed by atoms with Crippen molar-refractivity contribution < 1.29 is 29.3 Å². The van der Waals surface area contributed by atoms with Crippen molar-refractivity contribution >= 4 is 46.4 Å². The predicted molar refractivity (Wildman–Crippen MR) is 172 cm³/mol. The molecule has 1 aromatic carbocycles. The first-order valence-electron chi connectivity index (χ1n) is 15.9. The van der Waals surface area contributed by atoms with Crippen LogP contribution in [-0.2, 0) is 25.5 Å². The molecule has 0 radical (unpaired) electrons. The van der Waals surface area contributed by atoms with Crippen LogP contribution >= 0.6 is 23.2 Å². The smallest absolute Gasteiger partial charge is 0.306 e. The van der Waals surface area contributed by atoms with Crippen molar-refractivity contribution in [1.82, 2.24) is 0 Å². The van der Waals surface area contributed by atoms with Crippen LogP contribution in [0.5, 0.6) is 0 Å². The molecule has 1 aromatic rings. The summed E-state index contributed by atoms with van der Waals surface area (Å²) in [7, 11) is 0. The van der Waals surface area contributed by atoms with Crippen molar-refractivity contribution in [2.24, 2.45) is 28.6 Å². The Balaban J connectivity index is 1.15. The van der Waals surface area contributed by atoms with Crippen LogP contribution in [-0.4, -0.2) is 70.9 Å². The normalized spacial score (nSPS) is 34.0. The fraction of sp³-hybridized carbons (Fsp3) is 0.629. The van der Waals surface area contributed by atoms with Crippen LogP contribution in [0.25, 0.3) is 0 Å². The Hall–Kier alpha value is -2.19. The van der Waals surface area contributed by atoms with Crippen molar-refractivity contribution in [2.75, 3.05) is 36.4 Å². The van der Waals surface area contributed by atoms with Crippen molar-refractivity contribution in [1.29, 1.82) is 0 Å². The molecule has 0 spiro atoms. The lowest BCUT2D eigenvalue weighted by Crippen LogP contribution is -2.61. The number of hydrogen-bond acceptors (Lipinski definition) is 7. The van der Waals surface area contributed by atoms with Crippen molar-refractivity contribution in [3.63, 3.8) is 0 Å². The molecule has 0 aromatic heterocycles. The quantitative estimate of drug-likeness (QED) is 0.178. The lowest BCUT2D eigenvalue weighted by atomic mass is 9.47. The van der Waals surface area contributed by atoms with Crippen LogP contribution in [0, 0.1) is 28.6 Å². The molecule has 0 amide bonds. The second kappa shape index (κ2) is 13.3. The number of anilines is 1. The number of halogens is 2. The van der Waals surface area contributed by atoms with Gasteiger partial charge in [-0.1, -0.05) is 43.7 Å². The topological polar surface area (TPSA) is 104 Å². The summed E-state index contributed by atoms with van der Waals surface area (Å²) in [5.74, 6) is 0.200. The SMILES string of the molecule is C[C@@]12C=CC(=O)CC1=CC[C@H]1C2[C@H](O)C[C@]2(C)C1CC[C@@]2(O)C(=O)COC(=O)CCCc1ccc(N(CCCl)CCCl)cc1. The van der Waals surface area contributed by atoms with Gasteiger partial charge in [-0.05, 0) is 74.1 Å². The van der Waals surface area contributed by atoms with Crippen LogP contribution in [0.15, 0.2) is 48.1 Å². The van der Waals surface area contributed by atoms with E-state index in [4.69, 9.17) is 27.9 Å². The lowest BCUT2D eigenvalue weighted by Gasteiger charge is -2.58. The number of carbonyl (C=O) groups is 3. The second-order valence-corrected chi connectivity index (χ2v) is 14.3. The average Bonchev–Trinajstić information content (AvgIpc) is 3.27. The minimum atomic E-state index is -1.67. The van der Waals surface area contributed by atoms with E-state index in [9.17, 15) is 24.6 Å². The van der Waals surface area contributed by atoms with Crippen LogP contribution < -0.4 is 4.90 Å². The summed E-state index contributed by atoms with van der Waals surface area (Å²) in [5, 5.41) is 23.4. The van der Waals surface area contributed by atoms with E-state index >= 15 is 0 Å². The lowest BCUT2D eigenvalue weighted by molar-refractivity contribution is -0.179. The molecular weight excluding hydrogens is 601 g/mol. The number of aliphatic hydroxyl groups is 2. The number of ketones is 2. The molecule has 2 fully saturated rings. The number of esters is 1. The average molecular weight is 647 g/mol. The van der Waals surface area contributed by atoms with Crippen LogP contribution in [0.3, 0.4) is 0 Å². The number of aryl methyl sites for hydroxylation is 1. The van der Waals surface area contributed by atoms with E-state index in [2.05, 4.69) is 17.9 Å². The number of Topliss-reactive ketones (excluding diaryl/α,β-unsaturated/α-hetero) is 1. The van der Waals surface area contributed by atoms with Crippen LogP contribution in [0.4, 0.5) is 5.69 Å². The number of rotatable bonds is 12. The van der Waals surface area contributed by atoms with Gasteiger partial charge < -0.3 is 19.8 Å². The Morgan fingerprint density at radius 3 is 2.50 bits per heavy atom. The number of aliphatic hydroxyl groups excluding tert-OH is 1. The minimum Gasteiger partial charge on any atom is -0.458 e. The summed E-state index contributed by atoms with van der Waals surface area (Å²) < 4.78 is 5.39. The maximum Gasteiger partial charge on any atom is 0.306 e. The monoisotopic (exact) mass is 645 g/mol. The fourth-order valence-electron chi connectivity index (χ4n) is 8.92. The Bertz CT molecular complexity index is 1310. The molecule has 0 heterocycles. The van der Waals surface area contributed by atoms with Gasteiger partial charge in [0.2, 0.25) is 5.78 Å². The number of hydrogen-bond donors (Lipinski definition) is 2. The van der Waals surface area contributed by atoms with Gasteiger partial charge in [-0.2, -0.15) is 0 Å². The Morgan fingerprint density at radius 2 is 1.82 bits per heavy atom. The number of fused-ring (bicyclic) bond motifs is 5. The number of nitrogens with zero attached hydrogens (tertiary/aromatic N) is 1. The van der Waals surface area contributed by atoms with E-state index in [-0.39, 0.29) is 42.8 Å². The molecule has 4 aliphatic carbocycles. The van der Waals surface area contributed by atoms with Gasteiger partial charge in [0.1, 0.15) is 5.60 Å². The van der Waals surface area contributed by atoms with Gasteiger partial charge in [0.25, 0.3) is 0 Å². The van der Waals surface area contributed by atoms with Gasteiger partial charge in [-0.25, -0.2) is 0 Å². The Morgan fingerprint density at radius 1 is 1.11 bits per heavy atom. The van der Waals surface area contributed by atoms with Crippen molar-refractivity contribution in [3.8, 4) is 0 Å².